The molecule has 0 bridgehead atoms. The highest BCUT2D eigenvalue weighted by atomic mass is 16.9. The Labute approximate surface area is 187 Å². The van der Waals surface area contributed by atoms with E-state index in [0.29, 0.717) is 24.6 Å². The van der Waals surface area contributed by atoms with Gasteiger partial charge in [-0.2, -0.15) is 0 Å². The highest BCUT2D eigenvalue weighted by molar-refractivity contribution is 5.93. The number of ether oxygens (including phenoxy) is 1. The average Bonchev–Trinajstić information content (AvgIpc) is 3.19. The van der Waals surface area contributed by atoms with E-state index in [1.165, 1.54) is 5.56 Å². The number of nitrogens with zero attached hydrogens (tertiary/aromatic N) is 1. The monoisotopic (exact) mass is 442 g/mol. The van der Waals surface area contributed by atoms with Gasteiger partial charge in [-0.05, 0) is 48.4 Å². The van der Waals surface area contributed by atoms with Crippen molar-refractivity contribution in [2.75, 3.05) is 25.1 Å². The summed E-state index contributed by atoms with van der Waals surface area (Å²) >= 11 is 0. The summed E-state index contributed by atoms with van der Waals surface area (Å²) in [6.45, 7) is 8.28. The summed E-state index contributed by atoms with van der Waals surface area (Å²) in [7, 11) is 0. The van der Waals surface area contributed by atoms with Gasteiger partial charge in [-0.25, -0.2) is 0 Å². The molecular weight excluding hydrogens is 412 g/mol. The van der Waals surface area contributed by atoms with Crippen molar-refractivity contribution in [1.82, 2.24) is 0 Å². The summed E-state index contributed by atoms with van der Waals surface area (Å²) in [6, 6.07) is 8.51. The number of anilines is 1. The number of nitrogens with one attached hydrogen (secondary N) is 1. The molecule has 8 heteroatoms. The summed E-state index contributed by atoms with van der Waals surface area (Å²) in [5.74, 6) is 0.863. The van der Waals surface area contributed by atoms with Crippen LogP contribution in [0.3, 0.4) is 0 Å². The predicted molar refractivity (Wildman–Crippen MR) is 121 cm³/mol. The second-order valence-electron chi connectivity index (χ2n) is 8.36. The van der Waals surface area contributed by atoms with Gasteiger partial charge in [0.25, 0.3) is 5.09 Å². The molecule has 0 aromatic heterocycles. The largest absolute Gasteiger partial charge is 0.492 e. The maximum Gasteiger partial charge on any atom is 0.294 e. The van der Waals surface area contributed by atoms with Crippen LogP contribution in [0.4, 0.5) is 5.69 Å². The Morgan fingerprint density at radius 1 is 1.28 bits per heavy atom. The van der Waals surface area contributed by atoms with Crippen LogP contribution in [0, 0.1) is 24.0 Å². The Morgan fingerprint density at radius 3 is 2.56 bits per heavy atom. The topological polar surface area (TPSA) is 111 Å². The van der Waals surface area contributed by atoms with Crippen LogP contribution in [0.15, 0.2) is 24.3 Å². The molecule has 1 aliphatic heterocycles. The van der Waals surface area contributed by atoms with Crippen LogP contribution in [-0.4, -0.2) is 35.9 Å². The first-order chi connectivity index (χ1) is 15.2. The fourth-order valence-electron chi connectivity index (χ4n) is 4.30. The van der Waals surface area contributed by atoms with Gasteiger partial charge in [0, 0.05) is 29.3 Å². The quantitative estimate of drug-likeness (QED) is 0.448. The molecule has 0 radical (unpaired) electrons. The molecular formula is C24H30N2O6. The van der Waals surface area contributed by atoms with E-state index in [0.717, 1.165) is 33.6 Å². The third-order valence-corrected chi connectivity index (χ3v) is 6.03. The molecule has 172 valence electrons. The number of hydrogen-bond acceptors (Lipinski definition) is 6. The van der Waals surface area contributed by atoms with Crippen molar-refractivity contribution in [3.05, 3.63) is 67.8 Å². The first-order valence-electron chi connectivity index (χ1n) is 10.8. The standard InChI is InChI=1S/C24H30N2O6/c1-14(2)17-5-7-18(8-6-17)20-13-31-24-19(9-11-27)15(3)23(16(4)22(20)24)25-21(28)10-12-32-26(29)30/h5-8,14,20,27H,9-13H2,1-4H3,(H,25,28)/t20-/m1/s1. The van der Waals surface area contributed by atoms with E-state index >= 15 is 0 Å². The van der Waals surface area contributed by atoms with E-state index in [9.17, 15) is 20.0 Å². The summed E-state index contributed by atoms with van der Waals surface area (Å²) in [5.41, 5.74) is 6.66. The van der Waals surface area contributed by atoms with Gasteiger partial charge in [0.1, 0.15) is 12.4 Å². The molecule has 2 aromatic rings. The minimum atomic E-state index is -0.912. The lowest BCUT2D eigenvalue weighted by molar-refractivity contribution is -0.757. The summed E-state index contributed by atoms with van der Waals surface area (Å²) in [5, 5.41) is 21.9. The van der Waals surface area contributed by atoms with E-state index in [1.54, 1.807) is 0 Å². The number of fused-ring (bicyclic) bond motifs is 1. The Kier molecular flexibility index (Phi) is 7.35. The van der Waals surface area contributed by atoms with Crippen molar-refractivity contribution in [3.8, 4) is 5.75 Å². The minimum absolute atomic E-state index is 0.0118. The van der Waals surface area contributed by atoms with Crippen molar-refractivity contribution >= 4 is 11.6 Å². The normalized spacial score (nSPS) is 14.8. The van der Waals surface area contributed by atoms with Gasteiger partial charge in [0.2, 0.25) is 5.91 Å². The number of carbonyl (C=O) groups excluding carboxylic acids is 1. The molecule has 0 spiro atoms. The third kappa shape index (κ3) is 4.85. The molecule has 1 amide bonds. The molecule has 0 aliphatic carbocycles. The Hall–Kier alpha value is -3.13. The fraction of sp³-hybridized carbons (Fsp3) is 0.458. The van der Waals surface area contributed by atoms with Gasteiger partial charge >= 0.3 is 0 Å². The van der Waals surface area contributed by atoms with Gasteiger partial charge in [0.05, 0.1) is 13.0 Å². The summed E-state index contributed by atoms with van der Waals surface area (Å²) in [6.07, 6.45) is 0.267. The second-order valence-corrected chi connectivity index (χ2v) is 8.36. The molecule has 0 saturated heterocycles. The summed E-state index contributed by atoms with van der Waals surface area (Å²) < 4.78 is 6.12. The molecule has 0 unspecified atom stereocenters. The van der Waals surface area contributed by atoms with E-state index in [4.69, 9.17) is 4.74 Å². The SMILES string of the molecule is Cc1c(CCO)c2c(c(C)c1NC(=O)CCO[N+](=O)[O-])[C@@H](c1ccc(C(C)C)cc1)CO2. The molecule has 1 heterocycles. The second kappa shape index (κ2) is 9.99. The molecule has 32 heavy (non-hydrogen) atoms. The number of carbonyl (C=O) groups is 1. The van der Waals surface area contributed by atoms with Crippen molar-refractivity contribution < 1.29 is 24.6 Å². The fourth-order valence-corrected chi connectivity index (χ4v) is 4.30. The van der Waals surface area contributed by atoms with Crippen LogP contribution >= 0.6 is 0 Å². The number of benzene rings is 2. The summed E-state index contributed by atoms with van der Waals surface area (Å²) in [4.78, 5) is 27.0. The van der Waals surface area contributed by atoms with E-state index in [2.05, 4.69) is 48.3 Å². The van der Waals surface area contributed by atoms with Gasteiger partial charge in [-0.1, -0.05) is 38.1 Å². The maximum atomic E-state index is 12.4. The Bertz CT molecular complexity index is 1000. The zero-order chi connectivity index (χ0) is 23.4. The molecule has 2 N–H and O–H groups in total. The highest BCUT2D eigenvalue weighted by Crippen LogP contribution is 2.47. The molecule has 0 fully saturated rings. The Morgan fingerprint density at radius 2 is 1.97 bits per heavy atom. The highest BCUT2D eigenvalue weighted by Gasteiger charge is 2.33. The van der Waals surface area contributed by atoms with Crippen molar-refractivity contribution in [2.24, 2.45) is 0 Å². The number of aliphatic hydroxyl groups excluding tert-OH is 1. The lowest BCUT2D eigenvalue weighted by Gasteiger charge is -2.21. The van der Waals surface area contributed by atoms with Crippen LogP contribution in [0.2, 0.25) is 0 Å². The van der Waals surface area contributed by atoms with Crippen LogP contribution in [0.25, 0.3) is 0 Å². The molecule has 2 aromatic carbocycles. The van der Waals surface area contributed by atoms with E-state index in [1.807, 2.05) is 13.8 Å². The lowest BCUT2D eigenvalue weighted by Crippen LogP contribution is -2.18. The molecule has 1 atom stereocenters. The van der Waals surface area contributed by atoms with Gasteiger partial charge < -0.3 is 20.0 Å². The zero-order valence-corrected chi connectivity index (χ0v) is 18.9. The van der Waals surface area contributed by atoms with Crippen LogP contribution in [0.1, 0.15) is 65.5 Å². The number of aliphatic hydroxyl groups is 1. The number of hydrogen-bond donors (Lipinski definition) is 2. The van der Waals surface area contributed by atoms with Crippen molar-refractivity contribution in [3.63, 3.8) is 0 Å². The lowest BCUT2D eigenvalue weighted by atomic mass is 9.85. The van der Waals surface area contributed by atoms with Crippen LogP contribution in [0.5, 0.6) is 5.75 Å². The maximum absolute atomic E-state index is 12.4. The molecule has 0 saturated carbocycles. The Balaban J connectivity index is 1.98. The van der Waals surface area contributed by atoms with Gasteiger partial charge in [-0.3, -0.25) is 4.79 Å². The van der Waals surface area contributed by atoms with E-state index in [-0.39, 0.29) is 31.5 Å². The van der Waals surface area contributed by atoms with Gasteiger partial charge in [0.15, 0.2) is 0 Å². The van der Waals surface area contributed by atoms with E-state index < -0.39 is 5.09 Å². The molecule has 1 aliphatic rings. The zero-order valence-electron chi connectivity index (χ0n) is 18.9. The third-order valence-electron chi connectivity index (χ3n) is 6.03. The van der Waals surface area contributed by atoms with Crippen LogP contribution in [-0.2, 0) is 16.1 Å². The van der Waals surface area contributed by atoms with Gasteiger partial charge in [-0.15, -0.1) is 10.1 Å². The smallest absolute Gasteiger partial charge is 0.294 e. The molecule has 3 rings (SSSR count). The first-order valence-corrected chi connectivity index (χ1v) is 10.8. The van der Waals surface area contributed by atoms with Crippen molar-refractivity contribution in [1.29, 1.82) is 0 Å². The minimum Gasteiger partial charge on any atom is -0.492 e. The number of rotatable bonds is 9. The first kappa shape index (κ1) is 23.5. The van der Waals surface area contributed by atoms with Crippen LogP contribution < -0.4 is 10.1 Å². The number of amides is 1. The van der Waals surface area contributed by atoms with Crippen molar-refractivity contribution in [2.45, 2.75) is 52.4 Å². The average molecular weight is 443 g/mol. The molecule has 8 nitrogen and oxygen atoms in total. The predicted octanol–water partition coefficient (Wildman–Crippen LogP) is 4.02.